The fourth-order valence-electron chi connectivity index (χ4n) is 2.52. The summed E-state index contributed by atoms with van der Waals surface area (Å²) in [6.45, 7) is 7.52. The molecule has 0 radical (unpaired) electrons. The van der Waals surface area contributed by atoms with Gasteiger partial charge in [0.25, 0.3) is 0 Å². The predicted molar refractivity (Wildman–Crippen MR) is 98.6 cm³/mol. The van der Waals surface area contributed by atoms with Crippen molar-refractivity contribution in [1.29, 1.82) is 0 Å². The molecule has 0 atom stereocenters. The molecule has 0 amide bonds. The van der Waals surface area contributed by atoms with Crippen LogP contribution in [0.4, 0.5) is 5.82 Å². The number of nitrogens with one attached hydrogen (secondary N) is 3. The van der Waals surface area contributed by atoms with Gasteiger partial charge in [-0.3, -0.25) is 9.89 Å². The highest BCUT2D eigenvalue weighted by atomic mass is 16.5. The van der Waals surface area contributed by atoms with Crippen molar-refractivity contribution in [3.8, 4) is 0 Å². The number of rotatable bonds is 9. The van der Waals surface area contributed by atoms with Gasteiger partial charge in [-0.05, 0) is 25.0 Å². The lowest BCUT2D eigenvalue weighted by molar-refractivity contribution is 0.0389. The highest BCUT2D eigenvalue weighted by molar-refractivity contribution is 5.79. The molecule has 0 aliphatic carbocycles. The van der Waals surface area contributed by atoms with Gasteiger partial charge < -0.3 is 20.7 Å². The summed E-state index contributed by atoms with van der Waals surface area (Å²) in [7, 11) is 1.81. The SMILES string of the molecule is CN=C(NCCCCNc1ccccn1)NCCN1CCOCC1. The molecule has 7 nitrogen and oxygen atoms in total. The molecule has 1 saturated heterocycles. The van der Waals surface area contributed by atoms with Gasteiger partial charge in [0.15, 0.2) is 5.96 Å². The molecule has 1 aromatic rings. The number of hydrogen-bond donors (Lipinski definition) is 3. The second kappa shape index (κ2) is 11.6. The van der Waals surface area contributed by atoms with Crippen molar-refractivity contribution in [2.75, 3.05) is 64.8 Å². The predicted octanol–water partition coefficient (Wildman–Crippen LogP) is 0.771. The van der Waals surface area contributed by atoms with Crippen LogP contribution in [0.2, 0.25) is 0 Å². The monoisotopic (exact) mass is 334 g/mol. The third-order valence-electron chi connectivity index (χ3n) is 3.91. The average Bonchev–Trinajstić information content (AvgIpc) is 2.64. The van der Waals surface area contributed by atoms with Gasteiger partial charge >= 0.3 is 0 Å². The summed E-state index contributed by atoms with van der Waals surface area (Å²) < 4.78 is 5.35. The number of hydrogen-bond acceptors (Lipinski definition) is 5. The second-order valence-corrected chi connectivity index (χ2v) is 5.73. The van der Waals surface area contributed by atoms with E-state index in [2.05, 4.69) is 30.8 Å². The third kappa shape index (κ3) is 7.61. The van der Waals surface area contributed by atoms with Crippen molar-refractivity contribution < 1.29 is 4.74 Å². The van der Waals surface area contributed by atoms with Gasteiger partial charge in [0.1, 0.15) is 5.82 Å². The van der Waals surface area contributed by atoms with Crippen LogP contribution < -0.4 is 16.0 Å². The van der Waals surface area contributed by atoms with Crippen molar-refractivity contribution in [3.63, 3.8) is 0 Å². The fourth-order valence-corrected chi connectivity index (χ4v) is 2.52. The van der Waals surface area contributed by atoms with E-state index in [-0.39, 0.29) is 0 Å². The fraction of sp³-hybridized carbons (Fsp3) is 0.647. The Kier molecular flexibility index (Phi) is 8.96. The minimum absolute atomic E-state index is 0.847. The molecular formula is C17H30N6O. The molecule has 3 N–H and O–H groups in total. The molecule has 1 aromatic heterocycles. The number of nitrogens with zero attached hydrogens (tertiary/aromatic N) is 3. The molecule has 0 aromatic carbocycles. The first-order chi connectivity index (χ1) is 11.9. The smallest absolute Gasteiger partial charge is 0.191 e. The Morgan fingerprint density at radius 1 is 1.17 bits per heavy atom. The zero-order valence-corrected chi connectivity index (χ0v) is 14.6. The van der Waals surface area contributed by atoms with Crippen LogP contribution in [0.5, 0.6) is 0 Å². The van der Waals surface area contributed by atoms with Crippen molar-refractivity contribution in [2.24, 2.45) is 4.99 Å². The molecule has 0 bridgehead atoms. The van der Waals surface area contributed by atoms with E-state index in [0.717, 1.165) is 77.1 Å². The lowest BCUT2D eigenvalue weighted by Crippen LogP contribution is -2.44. The number of morpholine rings is 1. The second-order valence-electron chi connectivity index (χ2n) is 5.73. The maximum atomic E-state index is 5.35. The minimum atomic E-state index is 0.847. The van der Waals surface area contributed by atoms with Gasteiger partial charge in [0.05, 0.1) is 13.2 Å². The number of guanidine groups is 1. The standard InChI is InChI=1S/C17H30N6O/c1-18-17(22-10-11-23-12-14-24-15-13-23)21-9-5-4-8-20-16-6-2-3-7-19-16/h2-3,6-7H,4-5,8-15H2,1H3,(H,19,20)(H2,18,21,22). The molecule has 0 saturated carbocycles. The number of aromatic nitrogens is 1. The third-order valence-corrected chi connectivity index (χ3v) is 3.91. The van der Waals surface area contributed by atoms with Crippen LogP contribution in [0.1, 0.15) is 12.8 Å². The van der Waals surface area contributed by atoms with Gasteiger partial charge in [0, 0.05) is 52.5 Å². The van der Waals surface area contributed by atoms with E-state index in [9.17, 15) is 0 Å². The molecular weight excluding hydrogens is 304 g/mol. The quantitative estimate of drug-likeness (QED) is 0.352. The first-order valence-electron chi connectivity index (χ1n) is 8.78. The lowest BCUT2D eigenvalue weighted by Gasteiger charge is -2.26. The van der Waals surface area contributed by atoms with E-state index in [1.54, 1.807) is 6.20 Å². The Hall–Kier alpha value is -1.86. The van der Waals surface area contributed by atoms with Crippen LogP contribution in [0.15, 0.2) is 29.4 Å². The summed E-state index contributed by atoms with van der Waals surface area (Å²) in [4.78, 5) is 10.9. The van der Waals surface area contributed by atoms with Crippen molar-refractivity contribution in [2.45, 2.75) is 12.8 Å². The molecule has 7 heteroatoms. The van der Waals surface area contributed by atoms with Gasteiger partial charge in [-0.15, -0.1) is 0 Å². The van der Waals surface area contributed by atoms with Gasteiger partial charge in [-0.25, -0.2) is 4.98 Å². The summed E-state index contributed by atoms with van der Waals surface area (Å²) in [5.74, 6) is 1.81. The highest BCUT2D eigenvalue weighted by Crippen LogP contribution is 2.00. The van der Waals surface area contributed by atoms with Crippen LogP contribution in [0, 0.1) is 0 Å². The first kappa shape index (κ1) is 18.5. The van der Waals surface area contributed by atoms with Crippen LogP contribution in [-0.2, 0) is 4.74 Å². The molecule has 2 rings (SSSR count). The Bertz CT molecular complexity index is 461. The molecule has 0 unspecified atom stereocenters. The van der Waals surface area contributed by atoms with Crippen molar-refractivity contribution >= 4 is 11.8 Å². The number of pyridine rings is 1. The van der Waals surface area contributed by atoms with Crippen molar-refractivity contribution in [3.05, 3.63) is 24.4 Å². The number of aliphatic imine (C=N–C) groups is 1. The van der Waals surface area contributed by atoms with Crippen molar-refractivity contribution in [1.82, 2.24) is 20.5 Å². The largest absolute Gasteiger partial charge is 0.379 e. The Balaban J connectivity index is 1.47. The number of ether oxygens (including phenoxy) is 1. The van der Waals surface area contributed by atoms with E-state index in [4.69, 9.17) is 4.74 Å². The molecule has 1 fully saturated rings. The zero-order valence-electron chi connectivity index (χ0n) is 14.6. The van der Waals surface area contributed by atoms with Gasteiger partial charge in [-0.2, -0.15) is 0 Å². The minimum Gasteiger partial charge on any atom is -0.379 e. The first-order valence-corrected chi connectivity index (χ1v) is 8.78. The summed E-state index contributed by atoms with van der Waals surface area (Å²) in [6.07, 6.45) is 3.98. The highest BCUT2D eigenvalue weighted by Gasteiger charge is 2.09. The van der Waals surface area contributed by atoms with E-state index < -0.39 is 0 Å². The van der Waals surface area contributed by atoms with E-state index in [0.29, 0.717) is 0 Å². The molecule has 0 spiro atoms. The Morgan fingerprint density at radius 3 is 2.71 bits per heavy atom. The molecule has 1 aliphatic rings. The molecule has 24 heavy (non-hydrogen) atoms. The van der Waals surface area contributed by atoms with Crippen LogP contribution >= 0.6 is 0 Å². The summed E-state index contributed by atoms with van der Waals surface area (Å²) in [5, 5.41) is 10.0. The Morgan fingerprint density at radius 2 is 1.96 bits per heavy atom. The summed E-state index contributed by atoms with van der Waals surface area (Å²) in [5.41, 5.74) is 0. The van der Waals surface area contributed by atoms with Crippen LogP contribution in [-0.4, -0.2) is 75.4 Å². The summed E-state index contributed by atoms with van der Waals surface area (Å²) >= 11 is 0. The average molecular weight is 334 g/mol. The maximum Gasteiger partial charge on any atom is 0.191 e. The van der Waals surface area contributed by atoms with Gasteiger partial charge in [-0.1, -0.05) is 6.07 Å². The van der Waals surface area contributed by atoms with E-state index in [1.165, 1.54) is 0 Å². The summed E-state index contributed by atoms with van der Waals surface area (Å²) in [6, 6.07) is 5.90. The van der Waals surface area contributed by atoms with Crippen LogP contribution in [0.3, 0.4) is 0 Å². The topological polar surface area (TPSA) is 73.8 Å². The maximum absolute atomic E-state index is 5.35. The number of unbranched alkanes of at least 4 members (excludes halogenated alkanes) is 1. The normalized spacial score (nSPS) is 16.0. The Labute approximate surface area is 144 Å². The number of anilines is 1. The van der Waals surface area contributed by atoms with Gasteiger partial charge in [0.2, 0.25) is 0 Å². The van der Waals surface area contributed by atoms with Crippen LogP contribution in [0.25, 0.3) is 0 Å². The lowest BCUT2D eigenvalue weighted by atomic mass is 10.3. The van der Waals surface area contributed by atoms with E-state index >= 15 is 0 Å². The zero-order chi connectivity index (χ0) is 16.9. The molecule has 134 valence electrons. The molecule has 1 aliphatic heterocycles. The molecule has 2 heterocycles. The van der Waals surface area contributed by atoms with E-state index in [1.807, 2.05) is 25.2 Å².